The van der Waals surface area contributed by atoms with Crippen molar-refractivity contribution in [3.8, 4) is 11.1 Å². The number of anilines is 3. The standard InChI is InChI=1S/C41H24N2OS2/c1-3-18-36-29(12-1)31-15-6-14-28(40(31)45-36)25-9-5-10-26(23-25)43(27-11-8-22-42-24-27)34-17-7-16-33-38-35(44-39(33)34)21-20-32-30-13-2-4-19-37(30)46-41(32)38/h1-24H. The van der Waals surface area contributed by atoms with E-state index in [1.165, 1.54) is 56.9 Å². The zero-order valence-electron chi connectivity index (χ0n) is 24.5. The number of rotatable bonds is 4. The zero-order valence-corrected chi connectivity index (χ0v) is 26.1. The predicted octanol–water partition coefficient (Wildman–Crippen LogP) is 12.9. The van der Waals surface area contributed by atoms with E-state index in [-0.39, 0.29) is 0 Å². The number of nitrogens with zero attached hydrogens (tertiary/aromatic N) is 2. The molecular weight excluding hydrogens is 601 g/mol. The Morgan fingerprint density at radius 2 is 1.24 bits per heavy atom. The van der Waals surface area contributed by atoms with E-state index in [0.29, 0.717) is 0 Å². The molecule has 4 aromatic heterocycles. The van der Waals surface area contributed by atoms with Crippen molar-refractivity contribution in [1.82, 2.24) is 4.98 Å². The first-order valence-electron chi connectivity index (χ1n) is 15.3. The lowest BCUT2D eigenvalue weighted by Crippen LogP contribution is -2.10. The van der Waals surface area contributed by atoms with E-state index in [0.717, 1.165) is 33.6 Å². The minimum absolute atomic E-state index is 0.864. The molecule has 0 saturated carbocycles. The SMILES string of the molecule is c1cncc(N(c2cccc(-c3cccc4c3sc3ccccc34)c2)c2cccc3c2oc2ccc4c5ccccc5sc4c23)c1. The van der Waals surface area contributed by atoms with Gasteiger partial charge >= 0.3 is 0 Å². The topological polar surface area (TPSA) is 29.3 Å². The second-order valence-corrected chi connectivity index (χ2v) is 13.7. The molecule has 0 atom stereocenters. The quantitative estimate of drug-likeness (QED) is 0.195. The van der Waals surface area contributed by atoms with Crippen LogP contribution in [0.1, 0.15) is 0 Å². The van der Waals surface area contributed by atoms with Gasteiger partial charge in [-0.2, -0.15) is 0 Å². The number of pyridine rings is 1. The van der Waals surface area contributed by atoms with Crippen molar-refractivity contribution in [2.24, 2.45) is 0 Å². The van der Waals surface area contributed by atoms with Crippen LogP contribution >= 0.6 is 22.7 Å². The highest BCUT2D eigenvalue weighted by molar-refractivity contribution is 7.27. The summed E-state index contributed by atoms with van der Waals surface area (Å²) in [5, 5.41) is 7.46. The number of aromatic nitrogens is 1. The van der Waals surface area contributed by atoms with Gasteiger partial charge in [0, 0.05) is 63.0 Å². The second kappa shape index (κ2) is 10.0. The van der Waals surface area contributed by atoms with Gasteiger partial charge in [-0.15, -0.1) is 22.7 Å². The molecule has 0 fully saturated rings. The van der Waals surface area contributed by atoms with E-state index >= 15 is 0 Å². The van der Waals surface area contributed by atoms with Crippen molar-refractivity contribution in [3.63, 3.8) is 0 Å². The lowest BCUT2D eigenvalue weighted by atomic mass is 10.0. The number of hydrogen-bond donors (Lipinski definition) is 0. The van der Waals surface area contributed by atoms with Crippen molar-refractivity contribution in [3.05, 3.63) is 146 Å². The first-order valence-corrected chi connectivity index (χ1v) is 16.9. The summed E-state index contributed by atoms with van der Waals surface area (Å²) in [5.41, 5.74) is 7.17. The molecule has 0 unspecified atom stereocenters. The molecule has 0 bridgehead atoms. The van der Waals surface area contributed by atoms with Crippen molar-refractivity contribution in [2.45, 2.75) is 0 Å². The molecule has 0 aliphatic rings. The summed E-state index contributed by atoms with van der Waals surface area (Å²) in [6.07, 6.45) is 3.74. The summed E-state index contributed by atoms with van der Waals surface area (Å²) in [5.74, 6) is 0. The van der Waals surface area contributed by atoms with E-state index in [9.17, 15) is 0 Å². The summed E-state index contributed by atoms with van der Waals surface area (Å²) in [6, 6.07) is 47.7. The Hall–Kier alpha value is -5.49. The van der Waals surface area contributed by atoms with Gasteiger partial charge in [0.15, 0.2) is 5.58 Å². The number of benzene rings is 6. The summed E-state index contributed by atoms with van der Waals surface area (Å²) in [7, 11) is 0. The third-order valence-electron chi connectivity index (χ3n) is 8.95. The summed E-state index contributed by atoms with van der Waals surface area (Å²) < 4.78 is 11.9. The minimum atomic E-state index is 0.864. The Balaban J connectivity index is 1.21. The van der Waals surface area contributed by atoms with Gasteiger partial charge in [-0.1, -0.05) is 78.9 Å². The van der Waals surface area contributed by atoms with Crippen molar-refractivity contribution >= 4 is 102 Å². The molecule has 10 aromatic rings. The van der Waals surface area contributed by atoms with E-state index in [1.54, 1.807) is 0 Å². The van der Waals surface area contributed by atoms with Crippen LogP contribution in [0.5, 0.6) is 0 Å². The molecular formula is C41H24N2OS2. The first kappa shape index (κ1) is 25.8. The fourth-order valence-corrected chi connectivity index (χ4v) is 9.42. The van der Waals surface area contributed by atoms with Gasteiger partial charge in [0.05, 0.1) is 17.6 Å². The molecule has 0 aliphatic heterocycles. The van der Waals surface area contributed by atoms with E-state index in [2.05, 4.69) is 137 Å². The molecule has 0 N–H and O–H groups in total. The summed E-state index contributed by atoms with van der Waals surface area (Å²) in [6.45, 7) is 0. The van der Waals surface area contributed by atoms with Gasteiger partial charge in [-0.05, 0) is 65.7 Å². The van der Waals surface area contributed by atoms with Crippen molar-refractivity contribution < 1.29 is 4.42 Å². The van der Waals surface area contributed by atoms with E-state index < -0.39 is 0 Å². The molecule has 10 rings (SSSR count). The van der Waals surface area contributed by atoms with Gasteiger partial charge in [0.25, 0.3) is 0 Å². The van der Waals surface area contributed by atoms with Gasteiger partial charge < -0.3 is 9.32 Å². The van der Waals surface area contributed by atoms with Crippen LogP contribution in [0.25, 0.3) is 73.4 Å². The summed E-state index contributed by atoms with van der Waals surface area (Å²) in [4.78, 5) is 6.79. The van der Waals surface area contributed by atoms with Crippen LogP contribution < -0.4 is 4.90 Å². The molecule has 3 nitrogen and oxygen atoms in total. The predicted molar refractivity (Wildman–Crippen MR) is 197 cm³/mol. The fraction of sp³-hybridized carbons (Fsp3) is 0. The van der Waals surface area contributed by atoms with Crippen molar-refractivity contribution in [2.75, 3.05) is 4.90 Å². The third-order valence-corrected chi connectivity index (χ3v) is 11.4. The number of thiophene rings is 2. The Morgan fingerprint density at radius 1 is 0.543 bits per heavy atom. The number of hydrogen-bond acceptors (Lipinski definition) is 5. The average molecular weight is 625 g/mol. The first-order chi connectivity index (χ1) is 22.8. The Labute approximate surface area is 272 Å². The molecule has 46 heavy (non-hydrogen) atoms. The van der Waals surface area contributed by atoms with Gasteiger partial charge in [0.2, 0.25) is 0 Å². The third kappa shape index (κ3) is 3.79. The van der Waals surface area contributed by atoms with Gasteiger partial charge in [-0.3, -0.25) is 4.98 Å². The summed E-state index contributed by atoms with van der Waals surface area (Å²) >= 11 is 3.70. The highest BCUT2D eigenvalue weighted by Gasteiger charge is 2.22. The Bertz CT molecular complexity index is 2770. The Morgan fingerprint density at radius 3 is 2.07 bits per heavy atom. The van der Waals surface area contributed by atoms with Crippen LogP contribution in [0.4, 0.5) is 17.1 Å². The number of para-hydroxylation sites is 1. The fourth-order valence-electron chi connectivity index (χ4n) is 6.93. The van der Waals surface area contributed by atoms with Crippen LogP contribution in [0, 0.1) is 0 Å². The van der Waals surface area contributed by atoms with Crippen LogP contribution in [0.3, 0.4) is 0 Å². The maximum Gasteiger partial charge on any atom is 0.159 e. The highest BCUT2D eigenvalue weighted by atomic mass is 32.1. The maximum absolute atomic E-state index is 6.76. The number of fused-ring (bicyclic) bond motifs is 10. The van der Waals surface area contributed by atoms with Crippen LogP contribution in [0.2, 0.25) is 0 Å². The highest BCUT2D eigenvalue weighted by Crippen LogP contribution is 2.47. The molecule has 0 saturated heterocycles. The Kier molecular flexibility index (Phi) is 5.61. The maximum atomic E-state index is 6.76. The second-order valence-electron chi connectivity index (χ2n) is 11.5. The molecule has 0 spiro atoms. The normalized spacial score (nSPS) is 11.9. The molecule has 4 heterocycles. The lowest BCUT2D eigenvalue weighted by molar-refractivity contribution is 0.669. The van der Waals surface area contributed by atoms with E-state index in [1.807, 2.05) is 41.1 Å². The van der Waals surface area contributed by atoms with Crippen LogP contribution in [-0.4, -0.2) is 4.98 Å². The van der Waals surface area contributed by atoms with Crippen LogP contribution in [-0.2, 0) is 0 Å². The molecule has 5 heteroatoms. The monoisotopic (exact) mass is 624 g/mol. The minimum Gasteiger partial charge on any atom is -0.454 e. The number of furan rings is 1. The average Bonchev–Trinajstić information content (AvgIpc) is 3.80. The van der Waals surface area contributed by atoms with Crippen molar-refractivity contribution in [1.29, 1.82) is 0 Å². The van der Waals surface area contributed by atoms with Crippen LogP contribution in [0.15, 0.2) is 150 Å². The lowest BCUT2D eigenvalue weighted by Gasteiger charge is -2.25. The molecule has 0 radical (unpaired) electrons. The largest absolute Gasteiger partial charge is 0.454 e. The smallest absolute Gasteiger partial charge is 0.159 e. The van der Waals surface area contributed by atoms with E-state index in [4.69, 9.17) is 4.42 Å². The molecule has 216 valence electrons. The zero-order chi connectivity index (χ0) is 30.2. The molecule has 0 aliphatic carbocycles. The van der Waals surface area contributed by atoms with Gasteiger partial charge in [0.1, 0.15) is 5.58 Å². The molecule has 0 amide bonds. The van der Waals surface area contributed by atoms with Gasteiger partial charge in [-0.25, -0.2) is 0 Å². The molecule has 6 aromatic carbocycles.